The molecule has 0 aliphatic rings. The van der Waals surface area contributed by atoms with E-state index >= 15 is 0 Å². The Bertz CT molecular complexity index is 1050. The van der Waals surface area contributed by atoms with Crippen molar-refractivity contribution >= 4 is 61.5 Å². The van der Waals surface area contributed by atoms with Crippen molar-refractivity contribution in [3.05, 3.63) is 84.9 Å². The van der Waals surface area contributed by atoms with Gasteiger partial charge < -0.3 is 10.2 Å². The number of aromatic hydroxyl groups is 2. The number of fused-ring (bicyclic) bond motifs is 2. The van der Waals surface area contributed by atoms with E-state index in [0.717, 1.165) is 21.5 Å². The number of rotatable bonds is 0. The van der Waals surface area contributed by atoms with Crippen molar-refractivity contribution < 1.29 is 27.7 Å². The summed E-state index contributed by atoms with van der Waals surface area (Å²) in [7, 11) is -4.67. The first-order valence-corrected chi connectivity index (χ1v) is 9.19. The maximum atomic E-state index is 9.37. The van der Waals surface area contributed by atoms with Crippen molar-refractivity contribution in [3.63, 3.8) is 0 Å². The molecule has 0 saturated heterocycles. The van der Waals surface area contributed by atoms with Gasteiger partial charge in [0, 0.05) is 10.8 Å². The SMILES string of the molecule is O=S(=O)(O)O.Oc1cccc2ccccc12.Oc1cccc2ccccc12.[NaH]. The van der Waals surface area contributed by atoms with Gasteiger partial charge in [-0.05, 0) is 22.9 Å². The van der Waals surface area contributed by atoms with Gasteiger partial charge in [0.1, 0.15) is 11.5 Å². The number of phenolic OH excluding ortho intramolecular Hbond substituents is 2. The minimum absolute atomic E-state index is 0. The van der Waals surface area contributed by atoms with E-state index < -0.39 is 10.4 Å². The van der Waals surface area contributed by atoms with E-state index in [1.54, 1.807) is 12.1 Å². The van der Waals surface area contributed by atoms with Crippen molar-refractivity contribution in [2.24, 2.45) is 0 Å². The molecule has 4 aromatic carbocycles. The zero-order valence-electron chi connectivity index (χ0n) is 14.1. The molecule has 0 aliphatic carbocycles. The summed E-state index contributed by atoms with van der Waals surface area (Å²) in [6.45, 7) is 0. The second kappa shape index (κ2) is 11.0. The van der Waals surface area contributed by atoms with Crippen LogP contribution in [-0.4, -0.2) is 57.3 Å². The van der Waals surface area contributed by atoms with Gasteiger partial charge in [-0.3, -0.25) is 9.11 Å². The molecule has 0 aliphatic heterocycles. The van der Waals surface area contributed by atoms with Gasteiger partial charge in [-0.1, -0.05) is 72.8 Å². The summed E-state index contributed by atoms with van der Waals surface area (Å²) in [5, 5.41) is 22.7. The summed E-state index contributed by atoms with van der Waals surface area (Å²) < 4.78 is 31.6. The van der Waals surface area contributed by atoms with Crippen LogP contribution < -0.4 is 0 Å². The predicted octanol–water partition coefficient (Wildman–Crippen LogP) is 3.79. The molecule has 0 aromatic heterocycles. The van der Waals surface area contributed by atoms with Gasteiger partial charge in [-0.2, -0.15) is 8.42 Å². The fourth-order valence-electron chi connectivity index (χ4n) is 2.42. The van der Waals surface area contributed by atoms with Gasteiger partial charge in [0.05, 0.1) is 0 Å². The zero-order chi connectivity index (χ0) is 19.9. The van der Waals surface area contributed by atoms with Gasteiger partial charge >= 0.3 is 40.0 Å². The normalized spacial score (nSPS) is 10.1. The van der Waals surface area contributed by atoms with Crippen LogP contribution in [0, 0.1) is 0 Å². The molecule has 0 spiro atoms. The predicted molar refractivity (Wildman–Crippen MR) is 113 cm³/mol. The van der Waals surface area contributed by atoms with Gasteiger partial charge in [-0.25, -0.2) is 0 Å². The van der Waals surface area contributed by atoms with Crippen LogP contribution in [0.3, 0.4) is 0 Å². The van der Waals surface area contributed by atoms with Crippen LogP contribution in [-0.2, 0) is 10.4 Å². The third kappa shape index (κ3) is 7.85. The Morgan fingerprint density at radius 3 is 1.14 bits per heavy atom. The first-order valence-electron chi connectivity index (χ1n) is 7.79. The monoisotopic (exact) mass is 410 g/mol. The molecule has 0 unspecified atom stereocenters. The van der Waals surface area contributed by atoms with E-state index in [0.29, 0.717) is 11.5 Å². The first-order chi connectivity index (χ1) is 12.8. The van der Waals surface area contributed by atoms with Crippen molar-refractivity contribution in [3.8, 4) is 11.5 Å². The van der Waals surface area contributed by atoms with E-state index in [-0.39, 0.29) is 29.6 Å². The van der Waals surface area contributed by atoms with Gasteiger partial charge in [0.15, 0.2) is 0 Å². The Labute approximate surface area is 184 Å². The molecule has 142 valence electrons. The molecule has 28 heavy (non-hydrogen) atoms. The molecule has 0 saturated carbocycles. The van der Waals surface area contributed by atoms with Crippen molar-refractivity contribution in [1.29, 1.82) is 0 Å². The van der Waals surface area contributed by atoms with Crippen molar-refractivity contribution in [1.82, 2.24) is 0 Å². The van der Waals surface area contributed by atoms with Crippen LogP contribution in [0.25, 0.3) is 21.5 Å². The Balaban J connectivity index is 0.000000222. The Morgan fingerprint density at radius 1 is 0.536 bits per heavy atom. The van der Waals surface area contributed by atoms with E-state index in [1.165, 1.54) is 0 Å². The average molecular weight is 410 g/mol. The average Bonchev–Trinajstić information content (AvgIpc) is 2.62. The Kier molecular flexibility index (Phi) is 9.40. The fraction of sp³-hybridized carbons (Fsp3) is 0. The molecule has 6 nitrogen and oxygen atoms in total. The summed E-state index contributed by atoms with van der Waals surface area (Å²) in [6, 6.07) is 26.6. The van der Waals surface area contributed by atoms with Gasteiger partial charge in [-0.15, -0.1) is 0 Å². The number of phenols is 2. The van der Waals surface area contributed by atoms with Crippen LogP contribution in [0.2, 0.25) is 0 Å². The molecular weight excluding hydrogens is 391 g/mol. The summed E-state index contributed by atoms with van der Waals surface area (Å²) >= 11 is 0. The molecule has 0 atom stereocenters. The third-order valence-corrected chi connectivity index (χ3v) is 3.53. The standard InChI is InChI=1S/2C10H8O.Na.H2O4S.H/c2*11-10-7-3-5-8-4-1-2-6-9(8)10;;1-5(2,3)4;/h2*1-7,11H;;(H2,1,2,3,4);. The molecule has 0 amide bonds. The minimum atomic E-state index is -4.67. The Morgan fingerprint density at radius 2 is 0.821 bits per heavy atom. The second-order valence-electron chi connectivity index (χ2n) is 5.44. The molecule has 0 fully saturated rings. The molecule has 8 heteroatoms. The summed E-state index contributed by atoms with van der Waals surface area (Å²) in [5.41, 5.74) is 0. The van der Waals surface area contributed by atoms with Crippen LogP contribution in [0.1, 0.15) is 0 Å². The van der Waals surface area contributed by atoms with E-state index in [1.807, 2.05) is 72.8 Å². The fourth-order valence-corrected chi connectivity index (χ4v) is 2.42. The molecule has 0 bridgehead atoms. The summed E-state index contributed by atoms with van der Waals surface area (Å²) in [5.74, 6) is 0.700. The first kappa shape index (κ1) is 23.9. The third-order valence-electron chi connectivity index (χ3n) is 3.53. The van der Waals surface area contributed by atoms with Crippen LogP contribution >= 0.6 is 0 Å². The van der Waals surface area contributed by atoms with E-state index in [2.05, 4.69) is 0 Å². The van der Waals surface area contributed by atoms with Crippen molar-refractivity contribution in [2.75, 3.05) is 0 Å². The van der Waals surface area contributed by atoms with Gasteiger partial charge in [0.2, 0.25) is 0 Å². The number of benzene rings is 4. The Hall–Kier alpha value is -2.13. The van der Waals surface area contributed by atoms with E-state index in [4.69, 9.17) is 17.5 Å². The quantitative estimate of drug-likeness (QED) is 0.259. The topological polar surface area (TPSA) is 115 Å². The van der Waals surface area contributed by atoms with Crippen LogP contribution in [0.4, 0.5) is 0 Å². The van der Waals surface area contributed by atoms with Crippen molar-refractivity contribution in [2.45, 2.75) is 0 Å². The molecule has 4 rings (SSSR count). The summed E-state index contributed by atoms with van der Waals surface area (Å²) in [4.78, 5) is 0. The molecular formula is C20H19NaO6S. The molecule has 4 aromatic rings. The number of hydrogen-bond donors (Lipinski definition) is 4. The van der Waals surface area contributed by atoms with Crippen LogP contribution in [0.5, 0.6) is 11.5 Å². The molecule has 0 heterocycles. The maximum absolute atomic E-state index is 9.37. The molecule has 0 radical (unpaired) electrons. The zero-order valence-corrected chi connectivity index (χ0v) is 14.9. The second-order valence-corrected chi connectivity index (χ2v) is 6.34. The molecule has 4 N–H and O–H groups in total. The van der Waals surface area contributed by atoms with Crippen LogP contribution in [0.15, 0.2) is 84.9 Å². The van der Waals surface area contributed by atoms with E-state index in [9.17, 15) is 10.2 Å². The summed E-state index contributed by atoms with van der Waals surface area (Å²) in [6.07, 6.45) is 0. The van der Waals surface area contributed by atoms with Gasteiger partial charge in [0.25, 0.3) is 0 Å². The number of hydrogen-bond acceptors (Lipinski definition) is 4.